The van der Waals surface area contributed by atoms with Gasteiger partial charge in [0.1, 0.15) is 0 Å². The Bertz CT molecular complexity index is 1110. The Kier molecular flexibility index (Phi) is 7.06. The van der Waals surface area contributed by atoms with E-state index in [0.717, 1.165) is 9.94 Å². The van der Waals surface area contributed by atoms with Crippen LogP contribution in [0.5, 0.6) is 0 Å². The minimum absolute atomic E-state index is 0.00479. The first-order valence-corrected chi connectivity index (χ1v) is 10.6. The van der Waals surface area contributed by atoms with E-state index in [2.05, 4.69) is 0 Å². The molecule has 0 bridgehead atoms. The van der Waals surface area contributed by atoms with Gasteiger partial charge in [-0.3, -0.25) is 15.3 Å². The number of allylic oxidation sites excluding steroid dienone is 2. The van der Waals surface area contributed by atoms with Crippen molar-refractivity contribution >= 4 is 29.0 Å². The summed E-state index contributed by atoms with van der Waals surface area (Å²) in [6.45, 7) is 3.11. The highest BCUT2D eigenvalue weighted by molar-refractivity contribution is 7.09. The molecule has 0 radical (unpaired) electrons. The molecule has 1 aromatic carbocycles. The third-order valence-electron chi connectivity index (χ3n) is 5.19. The molecule has 2 heterocycles. The molecule has 0 aliphatic carbocycles. The number of nitro benzene ring substituents is 1. The van der Waals surface area contributed by atoms with Gasteiger partial charge < -0.3 is 9.47 Å². The number of esters is 2. The largest absolute Gasteiger partial charge is 0.466 e. The molecule has 1 aromatic heterocycles. The van der Waals surface area contributed by atoms with Crippen molar-refractivity contribution in [1.82, 2.24) is 5.06 Å². The number of hydrogen-bond acceptors (Lipinski definition) is 9. The lowest BCUT2D eigenvalue weighted by Crippen LogP contribution is -2.33. The smallest absolute Gasteiger partial charge is 0.336 e. The molecule has 0 saturated heterocycles. The Morgan fingerprint density at radius 3 is 2.44 bits per heavy atom. The number of nitrogens with zero attached hydrogens (tertiary/aromatic N) is 2. The number of carbonyl (C=O) groups excluding carboxylic acids is 2. The van der Waals surface area contributed by atoms with Gasteiger partial charge in [-0.15, -0.1) is 11.3 Å². The summed E-state index contributed by atoms with van der Waals surface area (Å²) in [4.78, 5) is 37.6. The fraction of sp³-hybridized carbons (Fsp3) is 0.273. The van der Waals surface area contributed by atoms with E-state index in [4.69, 9.17) is 9.47 Å². The molecular weight excluding hydrogens is 436 g/mol. The number of carbonyl (C=O) groups is 2. The van der Waals surface area contributed by atoms with E-state index < -0.39 is 22.8 Å². The molecule has 1 aliphatic heterocycles. The average molecular weight is 458 g/mol. The topological polar surface area (TPSA) is 119 Å². The first kappa shape index (κ1) is 23.2. The number of benzene rings is 1. The van der Waals surface area contributed by atoms with Gasteiger partial charge in [-0.25, -0.2) is 14.7 Å². The van der Waals surface area contributed by atoms with Crippen molar-refractivity contribution in [2.75, 3.05) is 13.7 Å². The van der Waals surface area contributed by atoms with E-state index in [1.807, 2.05) is 17.5 Å². The minimum Gasteiger partial charge on any atom is -0.466 e. The number of methoxy groups -OCH3 is 1. The molecule has 3 rings (SSSR count). The van der Waals surface area contributed by atoms with Crippen LogP contribution in [0.4, 0.5) is 5.69 Å². The second kappa shape index (κ2) is 9.75. The van der Waals surface area contributed by atoms with Crippen LogP contribution in [0.3, 0.4) is 0 Å². The lowest BCUT2D eigenvalue weighted by molar-refractivity contribution is -0.384. The molecule has 0 spiro atoms. The van der Waals surface area contributed by atoms with Crippen LogP contribution in [0, 0.1) is 10.1 Å². The maximum Gasteiger partial charge on any atom is 0.336 e. The van der Waals surface area contributed by atoms with Gasteiger partial charge in [0.25, 0.3) is 5.69 Å². The second-order valence-corrected chi connectivity index (χ2v) is 8.08. The van der Waals surface area contributed by atoms with Crippen LogP contribution >= 0.6 is 11.3 Å². The van der Waals surface area contributed by atoms with Crippen molar-refractivity contribution in [2.24, 2.45) is 0 Å². The Morgan fingerprint density at radius 2 is 1.84 bits per heavy atom. The number of thiophene rings is 1. The van der Waals surface area contributed by atoms with Gasteiger partial charge in [0.15, 0.2) is 0 Å². The Labute approximate surface area is 188 Å². The monoisotopic (exact) mass is 458 g/mol. The summed E-state index contributed by atoms with van der Waals surface area (Å²) in [7, 11) is 1.18. The van der Waals surface area contributed by atoms with E-state index >= 15 is 0 Å². The maximum atomic E-state index is 13.1. The number of hydrogen-bond donors (Lipinski definition) is 1. The van der Waals surface area contributed by atoms with Gasteiger partial charge in [-0.1, -0.05) is 18.2 Å². The summed E-state index contributed by atoms with van der Waals surface area (Å²) in [5.41, 5.74) is 0.445. The third kappa shape index (κ3) is 4.56. The molecule has 0 saturated carbocycles. The lowest BCUT2D eigenvalue weighted by Gasteiger charge is -2.34. The fourth-order valence-corrected chi connectivity index (χ4v) is 4.30. The van der Waals surface area contributed by atoms with Crippen molar-refractivity contribution in [3.8, 4) is 0 Å². The summed E-state index contributed by atoms with van der Waals surface area (Å²) >= 11 is 1.54. The van der Waals surface area contributed by atoms with E-state index in [1.165, 1.54) is 50.5 Å². The molecule has 1 atom stereocenters. The normalized spacial score (nSPS) is 16.2. The quantitative estimate of drug-likeness (QED) is 0.376. The van der Waals surface area contributed by atoms with Gasteiger partial charge in [0.05, 0.1) is 47.1 Å². The first-order chi connectivity index (χ1) is 15.3. The summed E-state index contributed by atoms with van der Waals surface area (Å²) in [5.74, 6) is -2.52. The van der Waals surface area contributed by atoms with Crippen LogP contribution in [-0.4, -0.2) is 40.8 Å². The minimum atomic E-state index is -1.01. The molecule has 0 amide bonds. The predicted octanol–water partition coefficient (Wildman–Crippen LogP) is 3.95. The van der Waals surface area contributed by atoms with Crippen molar-refractivity contribution in [2.45, 2.75) is 26.2 Å². The van der Waals surface area contributed by atoms with Crippen LogP contribution in [0.25, 0.3) is 0 Å². The molecule has 1 aliphatic rings. The standard InChI is InChI=1S/C22H22N2O7S/c1-13-18(21(25)30-3)20(15-6-4-7-16(12-15)24(28)29)19(14(2)23(13)27)22(26)31-10-9-17-8-5-11-32-17/h4-8,11-12,20,27H,9-10H2,1-3H3. The Balaban J connectivity index is 2.04. The number of non-ortho nitro benzene ring substituents is 1. The molecule has 10 heteroatoms. The van der Waals surface area contributed by atoms with Crippen molar-refractivity contribution in [3.05, 3.63) is 84.9 Å². The van der Waals surface area contributed by atoms with Crippen LogP contribution in [0.15, 0.2) is 64.3 Å². The number of ether oxygens (including phenoxy) is 2. The Morgan fingerprint density at radius 1 is 1.16 bits per heavy atom. The molecule has 1 N–H and O–H groups in total. The molecule has 2 aromatic rings. The highest BCUT2D eigenvalue weighted by Crippen LogP contribution is 2.42. The lowest BCUT2D eigenvalue weighted by atomic mass is 9.80. The molecule has 9 nitrogen and oxygen atoms in total. The zero-order chi connectivity index (χ0) is 23.4. The molecule has 1 unspecified atom stereocenters. The van der Waals surface area contributed by atoms with Crippen LogP contribution in [-0.2, 0) is 25.5 Å². The van der Waals surface area contributed by atoms with Gasteiger partial charge in [0, 0.05) is 23.4 Å². The summed E-state index contributed by atoms with van der Waals surface area (Å²) in [6.07, 6.45) is 0.513. The highest BCUT2D eigenvalue weighted by atomic mass is 32.1. The Hall–Kier alpha value is -3.50. The van der Waals surface area contributed by atoms with E-state index in [0.29, 0.717) is 12.0 Å². The molecular formula is C22H22N2O7S. The molecule has 168 valence electrons. The van der Waals surface area contributed by atoms with Crippen molar-refractivity contribution in [3.63, 3.8) is 0 Å². The SMILES string of the molecule is COC(=O)C1=C(C)N(O)C(C)=C(C(=O)OCCc2cccs2)C1c1cccc([N+](=O)[O-])c1. The van der Waals surface area contributed by atoms with Gasteiger partial charge in [-0.05, 0) is 30.9 Å². The second-order valence-electron chi connectivity index (χ2n) is 7.05. The number of hydroxylamine groups is 2. The van der Waals surface area contributed by atoms with Crippen LogP contribution in [0.2, 0.25) is 0 Å². The zero-order valence-electron chi connectivity index (χ0n) is 17.7. The average Bonchev–Trinajstić information content (AvgIpc) is 3.30. The molecule has 0 fully saturated rings. The van der Waals surface area contributed by atoms with Gasteiger partial charge in [-0.2, -0.15) is 0 Å². The summed E-state index contributed by atoms with van der Waals surface area (Å²) < 4.78 is 10.4. The predicted molar refractivity (Wildman–Crippen MR) is 116 cm³/mol. The van der Waals surface area contributed by atoms with E-state index in [1.54, 1.807) is 6.07 Å². The van der Waals surface area contributed by atoms with E-state index in [-0.39, 0.29) is 34.8 Å². The summed E-state index contributed by atoms with van der Waals surface area (Å²) in [6, 6.07) is 9.47. The highest BCUT2D eigenvalue weighted by Gasteiger charge is 2.40. The van der Waals surface area contributed by atoms with Crippen LogP contribution in [0.1, 0.15) is 30.2 Å². The maximum absolute atomic E-state index is 13.1. The molecule has 32 heavy (non-hydrogen) atoms. The number of rotatable bonds is 7. The third-order valence-corrected chi connectivity index (χ3v) is 6.13. The van der Waals surface area contributed by atoms with Gasteiger partial charge in [0.2, 0.25) is 0 Å². The van der Waals surface area contributed by atoms with Crippen molar-refractivity contribution in [1.29, 1.82) is 0 Å². The zero-order valence-corrected chi connectivity index (χ0v) is 18.5. The fourth-order valence-electron chi connectivity index (χ4n) is 3.61. The van der Waals surface area contributed by atoms with Crippen molar-refractivity contribution < 1.29 is 29.2 Å². The van der Waals surface area contributed by atoms with E-state index in [9.17, 15) is 24.9 Å². The van der Waals surface area contributed by atoms with Gasteiger partial charge >= 0.3 is 11.9 Å². The number of nitro groups is 1. The first-order valence-electron chi connectivity index (χ1n) is 9.69. The summed E-state index contributed by atoms with van der Waals surface area (Å²) in [5, 5.41) is 24.5. The van der Waals surface area contributed by atoms with Crippen LogP contribution < -0.4 is 0 Å².